The van der Waals surface area contributed by atoms with Crippen LogP contribution in [0.25, 0.3) is 0 Å². The summed E-state index contributed by atoms with van der Waals surface area (Å²) in [5, 5.41) is 10.3. The molecular weight excluding hydrogens is 528 g/mol. The van der Waals surface area contributed by atoms with E-state index in [0.717, 1.165) is 48.3 Å². The van der Waals surface area contributed by atoms with Gasteiger partial charge < -0.3 is 15.2 Å². The molecule has 0 amide bonds. The lowest BCUT2D eigenvalue weighted by Gasteiger charge is -2.10. The van der Waals surface area contributed by atoms with Gasteiger partial charge >= 0.3 is 0 Å². The molecule has 150 valence electrons. The summed E-state index contributed by atoms with van der Waals surface area (Å²) in [6.45, 7) is 6.01. The molecule has 2 aromatic rings. The Morgan fingerprint density at radius 3 is 2.74 bits per heavy atom. The van der Waals surface area contributed by atoms with Gasteiger partial charge in [0.05, 0.1) is 0 Å². The Bertz CT molecular complexity index is 726. The van der Waals surface area contributed by atoms with Crippen LogP contribution >= 0.6 is 39.9 Å². The Labute approximate surface area is 184 Å². The third-order valence-electron chi connectivity index (χ3n) is 3.66. The number of aliphatic imine (C=N–C) groups is 1. The van der Waals surface area contributed by atoms with Crippen LogP contribution in [0.4, 0.5) is 4.39 Å². The first-order valence-corrected chi connectivity index (χ1v) is 9.63. The fourth-order valence-corrected chi connectivity index (χ4v) is 2.75. The molecule has 0 saturated carbocycles. The smallest absolute Gasteiger partial charge is 0.226 e. The van der Waals surface area contributed by atoms with Crippen LogP contribution in [0.2, 0.25) is 0 Å². The van der Waals surface area contributed by atoms with Crippen molar-refractivity contribution in [2.75, 3.05) is 19.6 Å². The maximum atomic E-state index is 13.8. The van der Waals surface area contributed by atoms with Gasteiger partial charge in [-0.15, -0.1) is 24.0 Å². The fraction of sp³-hybridized carbons (Fsp3) is 0.500. The van der Waals surface area contributed by atoms with E-state index in [1.54, 1.807) is 6.92 Å². The number of nitrogens with zero attached hydrogens (tertiary/aromatic N) is 3. The number of rotatable bonds is 9. The highest BCUT2D eigenvalue weighted by Gasteiger charge is 2.04. The Kier molecular flexibility index (Phi) is 11.5. The van der Waals surface area contributed by atoms with E-state index in [4.69, 9.17) is 4.52 Å². The van der Waals surface area contributed by atoms with Crippen molar-refractivity contribution in [2.45, 2.75) is 39.5 Å². The molecule has 9 heteroatoms. The van der Waals surface area contributed by atoms with Crippen LogP contribution in [-0.4, -0.2) is 35.7 Å². The normalized spacial score (nSPS) is 11.2. The predicted molar refractivity (Wildman–Crippen MR) is 119 cm³/mol. The lowest BCUT2D eigenvalue weighted by molar-refractivity contribution is 0.372. The van der Waals surface area contributed by atoms with E-state index in [2.05, 4.69) is 41.7 Å². The summed E-state index contributed by atoms with van der Waals surface area (Å²) in [4.78, 5) is 8.72. The minimum absolute atomic E-state index is 0. The molecule has 1 aromatic carbocycles. The number of aromatic nitrogens is 2. The second-order valence-corrected chi connectivity index (χ2v) is 6.78. The van der Waals surface area contributed by atoms with Crippen molar-refractivity contribution in [1.29, 1.82) is 0 Å². The van der Waals surface area contributed by atoms with E-state index >= 15 is 0 Å². The maximum Gasteiger partial charge on any atom is 0.226 e. The largest absolute Gasteiger partial charge is 0.357 e. The standard InChI is InChI=1S/C18H25BrFN5O.HI/c1-3-21-18(23-11-5-7-17-24-13(2)25-26-17)22-10-4-6-14-8-9-15(19)12-16(14)20;/h8-9,12H,3-7,10-11H2,1-2H3,(H2,21,22,23);1H. The van der Waals surface area contributed by atoms with Gasteiger partial charge in [-0.3, -0.25) is 4.99 Å². The molecule has 0 aliphatic carbocycles. The topological polar surface area (TPSA) is 75.3 Å². The molecule has 1 aromatic heterocycles. The molecule has 0 radical (unpaired) electrons. The molecule has 0 spiro atoms. The number of nitrogens with one attached hydrogen (secondary N) is 2. The van der Waals surface area contributed by atoms with Crippen LogP contribution in [-0.2, 0) is 12.8 Å². The summed E-state index contributed by atoms with van der Waals surface area (Å²) in [6.07, 6.45) is 3.06. The Balaban J connectivity index is 0.00000364. The highest BCUT2D eigenvalue weighted by atomic mass is 127. The summed E-state index contributed by atoms with van der Waals surface area (Å²) in [5.41, 5.74) is 0.719. The SMILES string of the molecule is CCNC(=NCCCc1ccc(Br)cc1F)NCCCc1nc(C)no1.I. The summed E-state index contributed by atoms with van der Waals surface area (Å²) >= 11 is 3.27. The van der Waals surface area contributed by atoms with E-state index in [9.17, 15) is 4.39 Å². The number of hydrogen-bond donors (Lipinski definition) is 2. The zero-order valence-electron chi connectivity index (χ0n) is 15.6. The minimum atomic E-state index is -0.176. The zero-order chi connectivity index (χ0) is 18.8. The second-order valence-electron chi connectivity index (χ2n) is 5.87. The molecular formula is C18H26BrFIN5O. The highest BCUT2D eigenvalue weighted by molar-refractivity contribution is 14.0. The van der Waals surface area contributed by atoms with Gasteiger partial charge in [0, 0.05) is 30.5 Å². The van der Waals surface area contributed by atoms with Crippen molar-refractivity contribution < 1.29 is 8.91 Å². The van der Waals surface area contributed by atoms with E-state index in [1.165, 1.54) is 6.07 Å². The highest BCUT2D eigenvalue weighted by Crippen LogP contribution is 2.16. The molecule has 0 bridgehead atoms. The van der Waals surface area contributed by atoms with Crippen LogP contribution in [0.1, 0.15) is 37.0 Å². The van der Waals surface area contributed by atoms with Crippen LogP contribution in [0.15, 0.2) is 32.2 Å². The van der Waals surface area contributed by atoms with Gasteiger partial charge in [0.25, 0.3) is 0 Å². The van der Waals surface area contributed by atoms with Gasteiger partial charge in [-0.2, -0.15) is 4.98 Å². The number of guanidine groups is 1. The van der Waals surface area contributed by atoms with Crippen molar-refractivity contribution in [3.05, 3.63) is 45.8 Å². The van der Waals surface area contributed by atoms with E-state index in [-0.39, 0.29) is 29.8 Å². The summed E-state index contributed by atoms with van der Waals surface area (Å²) < 4.78 is 19.6. The second kappa shape index (κ2) is 13.0. The predicted octanol–water partition coefficient (Wildman–Crippen LogP) is 4.02. The summed E-state index contributed by atoms with van der Waals surface area (Å²) in [6, 6.07) is 5.17. The third-order valence-corrected chi connectivity index (χ3v) is 4.16. The molecule has 0 saturated heterocycles. The van der Waals surface area contributed by atoms with Gasteiger partial charge in [0.2, 0.25) is 5.89 Å². The quantitative estimate of drug-likeness (QED) is 0.212. The van der Waals surface area contributed by atoms with E-state index in [1.807, 2.05) is 19.1 Å². The summed E-state index contributed by atoms with van der Waals surface area (Å²) in [7, 11) is 0. The van der Waals surface area contributed by atoms with Crippen molar-refractivity contribution in [3.8, 4) is 0 Å². The van der Waals surface area contributed by atoms with E-state index in [0.29, 0.717) is 24.7 Å². The molecule has 27 heavy (non-hydrogen) atoms. The maximum absolute atomic E-state index is 13.8. The summed E-state index contributed by atoms with van der Waals surface area (Å²) in [5.74, 6) is 1.91. The average Bonchev–Trinajstić information content (AvgIpc) is 3.02. The molecule has 2 rings (SSSR count). The minimum Gasteiger partial charge on any atom is -0.357 e. The monoisotopic (exact) mass is 553 g/mol. The van der Waals surface area contributed by atoms with Gasteiger partial charge in [-0.25, -0.2) is 4.39 Å². The molecule has 0 aliphatic rings. The van der Waals surface area contributed by atoms with Gasteiger partial charge in [0.15, 0.2) is 11.8 Å². The van der Waals surface area contributed by atoms with Gasteiger partial charge in [0.1, 0.15) is 5.82 Å². The first kappa shape index (κ1) is 23.8. The Morgan fingerprint density at radius 1 is 1.26 bits per heavy atom. The number of halogens is 3. The van der Waals surface area contributed by atoms with Crippen molar-refractivity contribution >= 4 is 45.9 Å². The van der Waals surface area contributed by atoms with Crippen LogP contribution in [0.3, 0.4) is 0 Å². The fourth-order valence-electron chi connectivity index (χ4n) is 2.41. The molecule has 1 heterocycles. The van der Waals surface area contributed by atoms with Crippen molar-refractivity contribution in [3.63, 3.8) is 0 Å². The average molecular weight is 554 g/mol. The van der Waals surface area contributed by atoms with E-state index < -0.39 is 0 Å². The van der Waals surface area contributed by atoms with Crippen molar-refractivity contribution in [2.24, 2.45) is 4.99 Å². The van der Waals surface area contributed by atoms with Gasteiger partial charge in [-0.1, -0.05) is 27.2 Å². The first-order chi connectivity index (χ1) is 12.6. The van der Waals surface area contributed by atoms with Crippen LogP contribution in [0, 0.1) is 12.7 Å². The lowest BCUT2D eigenvalue weighted by Crippen LogP contribution is -2.38. The van der Waals surface area contributed by atoms with Crippen molar-refractivity contribution in [1.82, 2.24) is 20.8 Å². The number of aryl methyl sites for hydroxylation is 3. The van der Waals surface area contributed by atoms with Crippen LogP contribution in [0.5, 0.6) is 0 Å². The molecule has 0 aliphatic heterocycles. The molecule has 2 N–H and O–H groups in total. The lowest BCUT2D eigenvalue weighted by atomic mass is 10.1. The molecule has 0 atom stereocenters. The number of benzene rings is 1. The molecule has 0 fully saturated rings. The zero-order valence-corrected chi connectivity index (χ0v) is 19.5. The number of hydrogen-bond acceptors (Lipinski definition) is 4. The third kappa shape index (κ3) is 9.00. The van der Waals surface area contributed by atoms with Crippen LogP contribution < -0.4 is 10.6 Å². The molecule has 6 nitrogen and oxygen atoms in total. The first-order valence-electron chi connectivity index (χ1n) is 8.83. The Morgan fingerprint density at radius 2 is 2.07 bits per heavy atom. The molecule has 0 unspecified atom stereocenters. The van der Waals surface area contributed by atoms with Gasteiger partial charge in [-0.05, 0) is 50.8 Å². The Hall–Kier alpha value is -1.23.